The minimum atomic E-state index is -1.69. The van der Waals surface area contributed by atoms with E-state index < -0.39 is 40.6 Å². The zero-order valence-electron chi connectivity index (χ0n) is 35.8. The molecule has 18 nitrogen and oxygen atoms in total. The summed E-state index contributed by atoms with van der Waals surface area (Å²) in [6.07, 6.45) is 1.25. The Hall–Kier alpha value is -6.99. The monoisotopic (exact) mass is 858 g/mol. The second kappa shape index (κ2) is 17.1. The molecular formula is C45H50N10O8. The van der Waals surface area contributed by atoms with Gasteiger partial charge in [0.15, 0.2) is 11.4 Å². The lowest BCUT2D eigenvalue weighted by atomic mass is 10.0. The van der Waals surface area contributed by atoms with Crippen LogP contribution in [-0.2, 0) is 40.3 Å². The molecule has 4 aliphatic rings. The van der Waals surface area contributed by atoms with Crippen molar-refractivity contribution in [1.29, 1.82) is 0 Å². The molecule has 4 aliphatic heterocycles. The van der Waals surface area contributed by atoms with E-state index in [1.807, 2.05) is 24.3 Å². The van der Waals surface area contributed by atoms with Crippen LogP contribution in [-0.4, -0.2) is 131 Å². The molecule has 8 rings (SSSR count). The van der Waals surface area contributed by atoms with Gasteiger partial charge in [0, 0.05) is 94.8 Å². The van der Waals surface area contributed by atoms with Crippen molar-refractivity contribution in [3.05, 3.63) is 93.6 Å². The van der Waals surface area contributed by atoms with Gasteiger partial charge in [0.05, 0.1) is 29.3 Å². The van der Waals surface area contributed by atoms with Gasteiger partial charge in [-0.2, -0.15) is 10.2 Å². The summed E-state index contributed by atoms with van der Waals surface area (Å²) < 4.78 is 8.83. The predicted molar refractivity (Wildman–Crippen MR) is 228 cm³/mol. The highest BCUT2D eigenvalue weighted by Gasteiger charge is 2.43. The number of hydrogen-bond donors (Lipinski definition) is 5. The molecule has 2 saturated heterocycles. The van der Waals surface area contributed by atoms with Crippen LogP contribution in [0.3, 0.4) is 0 Å². The Morgan fingerprint density at radius 3 is 1.71 bits per heavy atom. The fourth-order valence-corrected chi connectivity index (χ4v) is 7.79. The fourth-order valence-electron chi connectivity index (χ4n) is 7.79. The number of carbonyl (C=O) groups is 5. The summed E-state index contributed by atoms with van der Waals surface area (Å²) in [5.74, 6) is 9.19. The predicted octanol–water partition coefficient (Wildman–Crippen LogP) is 0.771. The number of likely N-dealkylation sites (N-methyl/N-ethyl adjacent to an activating group) is 2. The largest absolute Gasteiger partial charge is 0.444 e. The summed E-state index contributed by atoms with van der Waals surface area (Å²) >= 11 is 0. The van der Waals surface area contributed by atoms with Gasteiger partial charge in [-0.25, -0.2) is 14.2 Å². The summed E-state index contributed by atoms with van der Waals surface area (Å²) in [6.45, 7) is 8.20. The van der Waals surface area contributed by atoms with Crippen molar-refractivity contribution in [2.75, 3.05) is 40.3 Å². The molecular weight excluding hydrogens is 809 g/mol. The van der Waals surface area contributed by atoms with Crippen LogP contribution in [0.25, 0.3) is 11.4 Å². The number of nitrogens with zero attached hydrogens (tertiary/aromatic N) is 7. The summed E-state index contributed by atoms with van der Waals surface area (Å²) in [4.78, 5) is 65.2. The lowest BCUT2D eigenvalue weighted by molar-refractivity contribution is -0.138. The number of fused-ring (bicyclic) bond motifs is 2. The van der Waals surface area contributed by atoms with Crippen LogP contribution >= 0.6 is 0 Å². The lowest BCUT2D eigenvalue weighted by Gasteiger charge is -2.30. The van der Waals surface area contributed by atoms with Crippen LogP contribution in [0.1, 0.15) is 88.2 Å². The lowest BCUT2D eigenvalue weighted by Crippen LogP contribution is -2.40. The Bertz CT molecular complexity index is 2660. The van der Waals surface area contributed by atoms with Crippen LogP contribution in [0.15, 0.2) is 48.5 Å². The number of amides is 5. The number of aromatic nitrogens is 4. The third kappa shape index (κ3) is 9.15. The van der Waals surface area contributed by atoms with Crippen molar-refractivity contribution >= 4 is 29.7 Å². The van der Waals surface area contributed by atoms with Crippen molar-refractivity contribution < 1.29 is 38.9 Å². The summed E-state index contributed by atoms with van der Waals surface area (Å²) in [6, 6.07) is 14.4. The molecule has 0 unspecified atom stereocenters. The van der Waals surface area contributed by atoms with E-state index in [9.17, 15) is 34.2 Å². The van der Waals surface area contributed by atoms with Gasteiger partial charge in [0.1, 0.15) is 5.60 Å². The van der Waals surface area contributed by atoms with E-state index in [1.54, 1.807) is 68.5 Å². The first-order valence-corrected chi connectivity index (χ1v) is 20.5. The molecule has 0 radical (unpaired) electrons. The Morgan fingerprint density at radius 1 is 0.762 bits per heavy atom. The minimum absolute atomic E-state index is 0.0960. The van der Waals surface area contributed by atoms with Crippen LogP contribution in [0, 0.1) is 23.7 Å². The van der Waals surface area contributed by atoms with Crippen molar-refractivity contribution in [2.24, 2.45) is 11.5 Å². The standard InChI is InChI=1S/C25H29N5O5.C20H21N5O3/c1-24(2,3)35-23(33)29-12-9-19-18(15-29)20(21(26)31)27-30(19)17-7-5-6-16(14-17)8-10-25(34)11-13-28(4)22(25)32;1-24-10-8-20(28,19(24)27)7-5-13-3-2-4-14(11-13)25-16-6-9-22-12-15(16)17(23-25)18(21)26/h5-7,14,34H,9,11-13,15H2,1-4H3,(H2,26,31);2-4,11,22,28H,6,8-10,12H2,1H3,(H2,21,26)/t25-;20-/m00/s1. The highest BCUT2D eigenvalue weighted by molar-refractivity contribution is 5.94. The zero-order valence-corrected chi connectivity index (χ0v) is 35.8. The number of carbonyl (C=O) groups excluding carboxylic acids is 5. The van der Waals surface area contributed by atoms with Crippen molar-refractivity contribution in [1.82, 2.24) is 39.6 Å². The van der Waals surface area contributed by atoms with Gasteiger partial charge in [0.2, 0.25) is 11.2 Å². The van der Waals surface area contributed by atoms with Crippen LogP contribution in [0.5, 0.6) is 0 Å². The average Bonchev–Trinajstić information content (AvgIpc) is 3.98. The molecule has 5 amide bonds. The van der Waals surface area contributed by atoms with Gasteiger partial charge < -0.3 is 46.4 Å². The van der Waals surface area contributed by atoms with Crippen LogP contribution < -0.4 is 16.8 Å². The number of benzene rings is 2. The first kappa shape index (κ1) is 44.1. The van der Waals surface area contributed by atoms with E-state index in [0.29, 0.717) is 55.0 Å². The third-order valence-electron chi connectivity index (χ3n) is 11.1. The first-order chi connectivity index (χ1) is 29.8. The van der Waals surface area contributed by atoms with Crippen molar-refractivity contribution in [2.45, 2.75) is 76.3 Å². The molecule has 0 bridgehead atoms. The molecule has 328 valence electrons. The van der Waals surface area contributed by atoms with Crippen molar-refractivity contribution in [3.8, 4) is 35.1 Å². The minimum Gasteiger partial charge on any atom is -0.444 e. The Balaban J connectivity index is 0.000000193. The molecule has 4 aromatic rings. The fraction of sp³-hybridized carbons (Fsp3) is 0.400. The summed E-state index contributed by atoms with van der Waals surface area (Å²) in [7, 11) is 3.28. The highest BCUT2D eigenvalue weighted by Crippen LogP contribution is 2.28. The SMILES string of the molecule is CN1CC[C@@](O)(C#Cc2cccc(-n3nc(C(N)=O)c4c3CCN(C(=O)OC(C)(C)C)C4)c2)C1=O.CN1CC[C@@](O)(C#Cc2cccc(-n3nc(C(N)=O)c4c3CCNC4)c2)C1=O. The maximum absolute atomic E-state index is 12.6. The van der Waals surface area contributed by atoms with Gasteiger partial charge in [-0.05, 0) is 57.2 Å². The van der Waals surface area contributed by atoms with E-state index in [2.05, 4.69) is 39.2 Å². The van der Waals surface area contributed by atoms with E-state index in [0.717, 1.165) is 35.6 Å². The van der Waals surface area contributed by atoms with Gasteiger partial charge in [-0.15, -0.1) is 0 Å². The number of nitrogens with two attached hydrogens (primary N) is 2. The molecule has 18 heteroatoms. The van der Waals surface area contributed by atoms with Crippen molar-refractivity contribution in [3.63, 3.8) is 0 Å². The average molecular weight is 859 g/mol. The molecule has 0 saturated carbocycles. The highest BCUT2D eigenvalue weighted by atomic mass is 16.6. The maximum Gasteiger partial charge on any atom is 0.410 e. The molecule has 0 aliphatic carbocycles. The number of likely N-dealkylation sites (tertiary alicyclic amines) is 2. The second-order valence-electron chi connectivity index (χ2n) is 17.0. The van der Waals surface area contributed by atoms with Gasteiger partial charge in [-0.1, -0.05) is 35.8 Å². The number of nitrogens with one attached hydrogen (secondary N) is 1. The smallest absolute Gasteiger partial charge is 0.410 e. The molecule has 6 heterocycles. The molecule has 63 heavy (non-hydrogen) atoms. The summed E-state index contributed by atoms with van der Waals surface area (Å²) in [5.41, 5.74) is 13.2. The molecule has 2 aromatic carbocycles. The number of ether oxygens (including phenoxy) is 1. The van der Waals surface area contributed by atoms with E-state index in [1.165, 1.54) is 14.7 Å². The topological polar surface area (TPSA) is 244 Å². The third-order valence-corrected chi connectivity index (χ3v) is 11.1. The molecule has 2 fully saturated rings. The van der Waals surface area contributed by atoms with Gasteiger partial charge >= 0.3 is 6.09 Å². The van der Waals surface area contributed by atoms with E-state index in [4.69, 9.17) is 16.2 Å². The molecule has 2 atom stereocenters. The number of primary amides is 2. The van der Waals surface area contributed by atoms with Gasteiger partial charge in [0.25, 0.3) is 23.6 Å². The molecule has 0 spiro atoms. The zero-order chi connectivity index (χ0) is 45.4. The van der Waals surface area contributed by atoms with E-state index in [-0.39, 0.29) is 36.7 Å². The number of hydrogen-bond acceptors (Lipinski definition) is 11. The Kier molecular flexibility index (Phi) is 11.9. The van der Waals surface area contributed by atoms with Crippen LogP contribution in [0.4, 0.5) is 4.79 Å². The Labute approximate surface area is 364 Å². The normalized spacial score (nSPS) is 20.4. The quantitative estimate of drug-likeness (QED) is 0.180. The van der Waals surface area contributed by atoms with Crippen LogP contribution in [0.2, 0.25) is 0 Å². The van der Waals surface area contributed by atoms with Gasteiger partial charge in [-0.3, -0.25) is 19.2 Å². The number of rotatable bonds is 4. The van der Waals surface area contributed by atoms with E-state index >= 15 is 0 Å². The molecule has 7 N–H and O–H groups in total. The number of aliphatic hydroxyl groups is 2. The Morgan fingerprint density at radius 2 is 1.25 bits per heavy atom. The maximum atomic E-state index is 12.6. The second-order valence-corrected chi connectivity index (χ2v) is 17.0. The molecule has 2 aromatic heterocycles. The summed E-state index contributed by atoms with van der Waals surface area (Å²) in [5, 5.41) is 33.1. The first-order valence-electron chi connectivity index (χ1n) is 20.5.